The van der Waals surface area contributed by atoms with Crippen LogP contribution in [-0.4, -0.2) is 28.9 Å². The summed E-state index contributed by atoms with van der Waals surface area (Å²) in [4.78, 5) is 8.81. The first kappa shape index (κ1) is 27.0. The number of unbranched alkanes of at least 4 members (excludes halogenated alkanes) is 2. The summed E-state index contributed by atoms with van der Waals surface area (Å²) in [6, 6.07) is 5.39. The highest BCUT2D eigenvalue weighted by atomic mass is 19.4. The van der Waals surface area contributed by atoms with Crippen LogP contribution < -0.4 is 0 Å². The molecule has 8 heteroatoms. The normalized spacial score (nSPS) is 18.0. The van der Waals surface area contributed by atoms with E-state index in [1.165, 1.54) is 44.2 Å². The van der Waals surface area contributed by atoms with Gasteiger partial charge in [-0.15, -0.1) is 0 Å². The third kappa shape index (κ3) is 7.26. The minimum atomic E-state index is -4.85. The van der Waals surface area contributed by atoms with E-state index in [1.807, 2.05) is 0 Å². The van der Waals surface area contributed by atoms with Crippen LogP contribution in [0.15, 0.2) is 36.7 Å². The molecule has 2 aromatic carbocycles. The number of rotatable bonds is 8. The molecule has 1 aromatic heterocycles. The maximum atomic E-state index is 14.7. The molecule has 2 unspecified atom stereocenters. The summed E-state index contributed by atoms with van der Waals surface area (Å²) >= 11 is 0. The van der Waals surface area contributed by atoms with E-state index in [2.05, 4.69) is 16.9 Å². The third-order valence-corrected chi connectivity index (χ3v) is 6.76. The van der Waals surface area contributed by atoms with Crippen molar-refractivity contribution in [1.29, 1.82) is 0 Å². The molecule has 0 spiro atoms. The Hall–Kier alpha value is -3.05. The fourth-order valence-electron chi connectivity index (χ4n) is 4.68. The zero-order chi connectivity index (χ0) is 26.4. The average Bonchev–Trinajstić information content (AvgIpc) is 2.87. The Morgan fingerprint density at radius 3 is 2.49 bits per heavy atom. The fourth-order valence-corrected chi connectivity index (χ4v) is 4.68. The van der Waals surface area contributed by atoms with Gasteiger partial charge in [0, 0.05) is 35.9 Å². The maximum absolute atomic E-state index is 14.7. The highest BCUT2D eigenvalue weighted by Gasteiger charge is 2.24. The van der Waals surface area contributed by atoms with Crippen LogP contribution in [0.2, 0.25) is 0 Å². The van der Waals surface area contributed by atoms with Gasteiger partial charge >= 0.3 is 6.18 Å². The van der Waals surface area contributed by atoms with Gasteiger partial charge < -0.3 is 4.74 Å². The number of hydrogen-bond donors (Lipinski definition) is 0. The SMILES string of the molecule is CCCCCC1CCC(CCc2cnc(-c3ccc4c(F)c(C#CC(F)(F)F)c(F)cc4c3)nc2)OC1. The second kappa shape index (κ2) is 12.0. The van der Waals surface area contributed by atoms with Crippen LogP contribution in [0.3, 0.4) is 0 Å². The molecular formula is C29H29F5N2O. The number of aromatic nitrogens is 2. The molecule has 3 aromatic rings. The predicted molar refractivity (Wildman–Crippen MR) is 133 cm³/mol. The lowest BCUT2D eigenvalue weighted by Crippen LogP contribution is -2.26. The van der Waals surface area contributed by atoms with Crippen molar-refractivity contribution in [3.05, 3.63) is 59.4 Å². The molecule has 3 nitrogen and oxygen atoms in total. The summed E-state index contributed by atoms with van der Waals surface area (Å²) in [7, 11) is 0. The molecule has 2 heterocycles. The predicted octanol–water partition coefficient (Wildman–Crippen LogP) is 7.80. The van der Waals surface area contributed by atoms with Gasteiger partial charge in [-0.05, 0) is 61.1 Å². The Labute approximate surface area is 213 Å². The van der Waals surface area contributed by atoms with E-state index in [1.54, 1.807) is 24.4 Å². The first-order valence-electron chi connectivity index (χ1n) is 12.7. The van der Waals surface area contributed by atoms with Crippen molar-refractivity contribution in [3.8, 4) is 23.2 Å². The van der Waals surface area contributed by atoms with Gasteiger partial charge in [0.1, 0.15) is 11.6 Å². The van der Waals surface area contributed by atoms with Crippen molar-refractivity contribution in [3.63, 3.8) is 0 Å². The monoisotopic (exact) mass is 516 g/mol. The average molecular weight is 517 g/mol. The second-order valence-corrected chi connectivity index (χ2v) is 9.58. The van der Waals surface area contributed by atoms with Gasteiger partial charge in [0.15, 0.2) is 5.82 Å². The minimum Gasteiger partial charge on any atom is -0.378 e. The standard InChI is InChI=1S/C29H29F5N2O/c1-2-3-4-5-19-6-9-23(37-18-19)10-7-20-16-35-28(36-17-20)21-8-11-24-22(14-21)15-26(30)25(27(24)31)12-13-29(32,33)34/h8,11,14-17,19,23H,2-7,9-10,18H2,1H3. The molecule has 37 heavy (non-hydrogen) atoms. The highest BCUT2D eigenvalue weighted by molar-refractivity contribution is 5.88. The smallest absolute Gasteiger partial charge is 0.378 e. The lowest BCUT2D eigenvalue weighted by Gasteiger charge is -2.29. The van der Waals surface area contributed by atoms with E-state index < -0.39 is 23.4 Å². The van der Waals surface area contributed by atoms with Gasteiger partial charge in [-0.1, -0.05) is 44.2 Å². The molecule has 0 bridgehead atoms. The van der Waals surface area contributed by atoms with Crippen molar-refractivity contribution in [2.24, 2.45) is 5.92 Å². The number of ether oxygens (including phenoxy) is 1. The van der Waals surface area contributed by atoms with Crippen molar-refractivity contribution < 1.29 is 26.7 Å². The number of nitrogens with zero attached hydrogens (tertiary/aromatic N) is 2. The second-order valence-electron chi connectivity index (χ2n) is 9.58. The summed E-state index contributed by atoms with van der Waals surface area (Å²) < 4.78 is 72.1. The molecule has 4 rings (SSSR count). The molecule has 0 radical (unpaired) electrons. The quantitative estimate of drug-likeness (QED) is 0.174. The van der Waals surface area contributed by atoms with E-state index in [0.29, 0.717) is 17.3 Å². The van der Waals surface area contributed by atoms with Gasteiger partial charge in [0.05, 0.1) is 11.7 Å². The van der Waals surface area contributed by atoms with Crippen LogP contribution in [-0.2, 0) is 11.2 Å². The number of alkyl halides is 3. The summed E-state index contributed by atoms with van der Waals surface area (Å²) in [5.74, 6) is 1.23. The van der Waals surface area contributed by atoms with Crippen LogP contribution in [0.4, 0.5) is 22.0 Å². The molecular weight excluding hydrogens is 487 g/mol. The molecule has 196 valence electrons. The van der Waals surface area contributed by atoms with Crippen molar-refractivity contribution >= 4 is 10.8 Å². The van der Waals surface area contributed by atoms with E-state index in [4.69, 9.17) is 4.74 Å². The van der Waals surface area contributed by atoms with Crippen LogP contribution in [0.1, 0.15) is 63.0 Å². The number of halogens is 5. The Morgan fingerprint density at radius 1 is 1.03 bits per heavy atom. The fraction of sp³-hybridized carbons (Fsp3) is 0.448. The third-order valence-electron chi connectivity index (χ3n) is 6.76. The van der Waals surface area contributed by atoms with Crippen LogP contribution in [0, 0.1) is 29.4 Å². The van der Waals surface area contributed by atoms with Crippen LogP contribution in [0.5, 0.6) is 0 Å². The van der Waals surface area contributed by atoms with E-state index in [9.17, 15) is 22.0 Å². The lowest BCUT2D eigenvalue weighted by atomic mass is 9.91. The Kier molecular flexibility index (Phi) is 8.75. The largest absolute Gasteiger partial charge is 0.458 e. The zero-order valence-corrected chi connectivity index (χ0v) is 20.7. The number of hydrogen-bond acceptors (Lipinski definition) is 3. The van der Waals surface area contributed by atoms with E-state index >= 15 is 0 Å². The van der Waals surface area contributed by atoms with Crippen molar-refractivity contribution in [2.75, 3.05) is 6.61 Å². The zero-order valence-electron chi connectivity index (χ0n) is 20.7. The molecule has 1 aliphatic heterocycles. The first-order valence-corrected chi connectivity index (χ1v) is 12.7. The minimum absolute atomic E-state index is 0.0340. The molecule has 1 fully saturated rings. The van der Waals surface area contributed by atoms with Gasteiger partial charge in [-0.25, -0.2) is 18.7 Å². The lowest BCUT2D eigenvalue weighted by molar-refractivity contribution is -0.0696. The molecule has 0 amide bonds. The van der Waals surface area contributed by atoms with Gasteiger partial charge in [-0.3, -0.25) is 0 Å². The molecule has 2 atom stereocenters. The van der Waals surface area contributed by atoms with Gasteiger partial charge in [-0.2, -0.15) is 13.2 Å². The number of aryl methyl sites for hydroxylation is 1. The molecule has 1 aliphatic rings. The Balaban J connectivity index is 1.39. The summed E-state index contributed by atoms with van der Waals surface area (Å²) in [5, 5.41) is 0.147. The summed E-state index contributed by atoms with van der Waals surface area (Å²) in [6.45, 7) is 3.05. The van der Waals surface area contributed by atoms with Gasteiger partial charge in [0.25, 0.3) is 0 Å². The van der Waals surface area contributed by atoms with E-state index in [-0.39, 0.29) is 16.9 Å². The topological polar surface area (TPSA) is 35.0 Å². The Morgan fingerprint density at radius 2 is 1.81 bits per heavy atom. The summed E-state index contributed by atoms with van der Waals surface area (Å²) in [5.41, 5.74) is 0.604. The first-order chi connectivity index (χ1) is 17.7. The molecule has 1 saturated heterocycles. The molecule has 0 N–H and O–H groups in total. The maximum Gasteiger partial charge on any atom is 0.458 e. The van der Waals surface area contributed by atoms with Gasteiger partial charge in [0.2, 0.25) is 0 Å². The van der Waals surface area contributed by atoms with Crippen LogP contribution >= 0.6 is 0 Å². The summed E-state index contributed by atoms with van der Waals surface area (Å²) in [6.07, 6.45) is 7.89. The van der Waals surface area contributed by atoms with Crippen molar-refractivity contribution in [1.82, 2.24) is 9.97 Å². The molecule has 0 aliphatic carbocycles. The van der Waals surface area contributed by atoms with E-state index in [0.717, 1.165) is 43.4 Å². The number of fused-ring (bicyclic) bond motifs is 1. The number of benzene rings is 2. The van der Waals surface area contributed by atoms with Crippen LogP contribution in [0.25, 0.3) is 22.2 Å². The molecule has 0 saturated carbocycles. The highest BCUT2D eigenvalue weighted by Crippen LogP contribution is 2.29. The Bertz CT molecular complexity index is 1270. The van der Waals surface area contributed by atoms with Crippen molar-refractivity contribution in [2.45, 2.75) is 70.6 Å².